The van der Waals surface area contributed by atoms with Crippen molar-refractivity contribution in [2.45, 2.75) is 19.6 Å². The number of alkyl halides is 3. The monoisotopic (exact) mass is 483 g/mol. The Kier molecular flexibility index (Phi) is 8.16. The summed E-state index contributed by atoms with van der Waals surface area (Å²) in [5.74, 6) is -0.486. The van der Waals surface area contributed by atoms with Crippen LogP contribution in [0.15, 0.2) is 24.3 Å². The van der Waals surface area contributed by atoms with E-state index in [9.17, 15) is 13.2 Å². The first-order valence-electron chi connectivity index (χ1n) is 9.58. The maximum Gasteiger partial charge on any atom is 0.490 e. The fourth-order valence-corrected chi connectivity index (χ4v) is 3.06. The van der Waals surface area contributed by atoms with Crippen molar-refractivity contribution in [3.63, 3.8) is 0 Å². The molecule has 0 bridgehead atoms. The van der Waals surface area contributed by atoms with Gasteiger partial charge in [0.2, 0.25) is 11.7 Å². The van der Waals surface area contributed by atoms with Gasteiger partial charge in [0.1, 0.15) is 5.82 Å². The van der Waals surface area contributed by atoms with Gasteiger partial charge in [-0.3, -0.25) is 0 Å². The highest BCUT2D eigenvalue weighted by Gasteiger charge is 2.38. The minimum absolute atomic E-state index is 0.169. The molecule has 0 spiro atoms. The molecule has 0 aliphatic rings. The van der Waals surface area contributed by atoms with Gasteiger partial charge in [0.15, 0.2) is 11.5 Å². The molecule has 1 aromatic heterocycles. The van der Waals surface area contributed by atoms with E-state index in [0.717, 1.165) is 27.7 Å². The van der Waals surface area contributed by atoms with Crippen LogP contribution in [0.4, 0.5) is 30.6 Å². The number of aryl methyl sites for hydroxylation is 1. The molecule has 0 aliphatic heterocycles. The number of carboxylic acid groups (broad SMARTS) is 1. The van der Waals surface area contributed by atoms with Crippen molar-refractivity contribution in [2.24, 2.45) is 0 Å². The van der Waals surface area contributed by atoms with E-state index < -0.39 is 12.1 Å². The molecule has 184 valence electrons. The zero-order chi connectivity index (χ0) is 25.6. The van der Waals surface area contributed by atoms with Crippen LogP contribution >= 0.6 is 0 Å². The third kappa shape index (κ3) is 5.99. The van der Waals surface area contributed by atoms with Crippen molar-refractivity contribution < 1.29 is 37.3 Å². The summed E-state index contributed by atoms with van der Waals surface area (Å²) in [6, 6.07) is 7.60. The number of ether oxygens (including phenoxy) is 3. The lowest BCUT2D eigenvalue weighted by Crippen LogP contribution is -2.21. The first-order valence-corrected chi connectivity index (χ1v) is 9.58. The van der Waals surface area contributed by atoms with Gasteiger partial charge >= 0.3 is 12.1 Å². The lowest BCUT2D eigenvalue weighted by Gasteiger charge is -2.16. The summed E-state index contributed by atoms with van der Waals surface area (Å²) in [7, 11) is 4.75. The van der Waals surface area contributed by atoms with Crippen molar-refractivity contribution in [3.8, 4) is 17.2 Å². The van der Waals surface area contributed by atoms with Crippen LogP contribution in [0.2, 0.25) is 0 Å². The van der Waals surface area contributed by atoms with Crippen LogP contribution in [0, 0.1) is 6.92 Å². The zero-order valence-corrected chi connectivity index (χ0v) is 18.8. The SMILES string of the molecule is COc1cc(NCc2ccc3nc(N)nc(N)c3c2C)cc(OC)c1OC.O=C(O)C(F)(F)F. The lowest BCUT2D eigenvalue weighted by atomic mass is 10.0. The molecular formula is C21H24F3N5O5. The van der Waals surface area contributed by atoms with E-state index in [2.05, 4.69) is 15.3 Å². The van der Waals surface area contributed by atoms with E-state index in [4.69, 9.17) is 35.6 Å². The number of halogens is 3. The number of carbonyl (C=O) groups is 1. The van der Waals surface area contributed by atoms with Gasteiger partial charge in [-0.05, 0) is 24.1 Å². The van der Waals surface area contributed by atoms with Gasteiger partial charge in [0.05, 0.1) is 26.8 Å². The topological polar surface area (TPSA) is 155 Å². The number of fused-ring (bicyclic) bond motifs is 1. The highest BCUT2D eigenvalue weighted by atomic mass is 19.4. The Balaban J connectivity index is 0.000000509. The second kappa shape index (κ2) is 10.6. The Labute approximate surface area is 192 Å². The molecule has 6 N–H and O–H groups in total. The lowest BCUT2D eigenvalue weighted by molar-refractivity contribution is -0.192. The van der Waals surface area contributed by atoms with Crippen molar-refractivity contribution in [1.29, 1.82) is 0 Å². The standard InChI is InChI=1S/C19H23N5O3.C2HF3O2/c1-10-11(5-6-13-16(10)18(20)24-19(21)23-13)9-22-12-7-14(25-2)17(27-4)15(8-12)26-3;3-2(4,5)1(6)7/h5-8,22H,9H2,1-4H3,(H4,20,21,23,24);(H,6,7). The Morgan fingerprint density at radius 1 is 1.06 bits per heavy atom. The molecule has 0 amide bonds. The van der Waals surface area contributed by atoms with E-state index in [-0.39, 0.29) is 5.95 Å². The summed E-state index contributed by atoms with van der Waals surface area (Å²) in [5.41, 5.74) is 15.4. The van der Waals surface area contributed by atoms with Gasteiger partial charge in [-0.15, -0.1) is 0 Å². The molecule has 0 aliphatic carbocycles. The van der Waals surface area contributed by atoms with E-state index in [1.165, 1.54) is 0 Å². The maximum atomic E-state index is 10.6. The molecule has 0 radical (unpaired) electrons. The molecule has 0 saturated heterocycles. The molecule has 1 heterocycles. The van der Waals surface area contributed by atoms with Crippen LogP contribution in [-0.2, 0) is 11.3 Å². The van der Waals surface area contributed by atoms with Crippen LogP contribution in [0.3, 0.4) is 0 Å². The van der Waals surface area contributed by atoms with Crippen LogP contribution in [0.25, 0.3) is 10.9 Å². The largest absolute Gasteiger partial charge is 0.493 e. The van der Waals surface area contributed by atoms with Crippen molar-refractivity contribution in [2.75, 3.05) is 38.1 Å². The number of aromatic nitrogens is 2. The van der Waals surface area contributed by atoms with Gasteiger partial charge in [-0.25, -0.2) is 9.78 Å². The number of aliphatic carboxylic acids is 1. The van der Waals surface area contributed by atoms with Crippen molar-refractivity contribution in [3.05, 3.63) is 35.4 Å². The number of nitrogen functional groups attached to an aromatic ring is 2. The first-order chi connectivity index (χ1) is 15.9. The molecule has 0 unspecified atom stereocenters. The normalized spacial score (nSPS) is 10.8. The third-order valence-electron chi connectivity index (χ3n) is 4.67. The molecule has 13 heteroatoms. The average Bonchev–Trinajstić information content (AvgIpc) is 2.77. The molecule has 0 saturated carbocycles. The average molecular weight is 483 g/mol. The predicted octanol–water partition coefficient (Wildman–Crippen LogP) is 3.37. The number of anilines is 3. The van der Waals surface area contributed by atoms with Crippen LogP contribution in [-0.4, -0.2) is 48.5 Å². The Bertz CT molecular complexity index is 1160. The number of carboxylic acids is 1. The number of nitrogens with one attached hydrogen (secondary N) is 1. The van der Waals surface area contributed by atoms with Crippen LogP contribution in [0.1, 0.15) is 11.1 Å². The van der Waals surface area contributed by atoms with Crippen LogP contribution < -0.4 is 31.0 Å². The molecular weight excluding hydrogens is 459 g/mol. The number of nitrogens with two attached hydrogens (primary N) is 2. The van der Waals surface area contributed by atoms with Crippen molar-refractivity contribution in [1.82, 2.24) is 9.97 Å². The number of hydrogen-bond donors (Lipinski definition) is 4. The van der Waals surface area contributed by atoms with E-state index in [1.54, 1.807) is 21.3 Å². The highest BCUT2D eigenvalue weighted by Crippen LogP contribution is 2.40. The molecule has 0 fully saturated rings. The Morgan fingerprint density at radius 2 is 1.62 bits per heavy atom. The Morgan fingerprint density at radius 3 is 2.09 bits per heavy atom. The van der Waals surface area contributed by atoms with Gasteiger partial charge in [-0.1, -0.05) is 6.07 Å². The number of hydrogen-bond acceptors (Lipinski definition) is 9. The van der Waals surface area contributed by atoms with Gasteiger partial charge in [0.25, 0.3) is 0 Å². The predicted molar refractivity (Wildman–Crippen MR) is 120 cm³/mol. The fraction of sp³-hybridized carbons (Fsp3) is 0.286. The summed E-state index contributed by atoms with van der Waals surface area (Å²) >= 11 is 0. The molecule has 0 atom stereocenters. The van der Waals surface area contributed by atoms with Crippen molar-refractivity contribution >= 4 is 34.3 Å². The molecule has 3 aromatic rings. The number of rotatable bonds is 6. The second-order valence-electron chi connectivity index (χ2n) is 6.78. The summed E-state index contributed by atoms with van der Waals surface area (Å²) in [6.07, 6.45) is -5.08. The molecule has 34 heavy (non-hydrogen) atoms. The first kappa shape index (κ1) is 26.1. The molecule has 3 rings (SSSR count). The molecule has 2 aromatic carbocycles. The molecule has 10 nitrogen and oxygen atoms in total. The third-order valence-corrected chi connectivity index (χ3v) is 4.67. The highest BCUT2D eigenvalue weighted by molar-refractivity contribution is 5.92. The fourth-order valence-electron chi connectivity index (χ4n) is 3.06. The summed E-state index contributed by atoms with van der Waals surface area (Å²) in [6.45, 7) is 2.56. The van der Waals surface area contributed by atoms with E-state index in [0.29, 0.717) is 29.6 Å². The smallest absolute Gasteiger partial charge is 0.490 e. The van der Waals surface area contributed by atoms with E-state index >= 15 is 0 Å². The van der Waals surface area contributed by atoms with Crippen LogP contribution in [0.5, 0.6) is 17.2 Å². The number of nitrogens with zero attached hydrogens (tertiary/aromatic N) is 2. The van der Waals surface area contributed by atoms with Gasteiger partial charge < -0.3 is 36.1 Å². The zero-order valence-electron chi connectivity index (χ0n) is 18.8. The van der Waals surface area contributed by atoms with E-state index in [1.807, 2.05) is 31.2 Å². The van der Waals surface area contributed by atoms with Gasteiger partial charge in [-0.2, -0.15) is 18.2 Å². The second-order valence-corrected chi connectivity index (χ2v) is 6.78. The minimum atomic E-state index is -5.08. The summed E-state index contributed by atoms with van der Waals surface area (Å²) < 4.78 is 47.9. The van der Waals surface area contributed by atoms with Gasteiger partial charge in [0, 0.05) is 29.8 Å². The minimum Gasteiger partial charge on any atom is -0.493 e. The summed E-state index contributed by atoms with van der Waals surface area (Å²) in [5, 5.41) is 11.3. The Hall–Kier alpha value is -4.16. The number of methoxy groups -OCH3 is 3. The quantitative estimate of drug-likeness (QED) is 0.410. The maximum absolute atomic E-state index is 10.6. The number of benzene rings is 2. The summed E-state index contributed by atoms with van der Waals surface area (Å²) in [4.78, 5) is 17.2.